The summed E-state index contributed by atoms with van der Waals surface area (Å²) in [7, 11) is 0. The summed E-state index contributed by atoms with van der Waals surface area (Å²) >= 11 is 12.6. The Morgan fingerprint density at radius 1 is 0.875 bits per heavy atom. The summed E-state index contributed by atoms with van der Waals surface area (Å²) in [5.74, 6) is -0.0701. The largest absolute Gasteiger partial charge is 0.444 e. The van der Waals surface area contributed by atoms with E-state index < -0.39 is 23.2 Å². The molecule has 4 rings (SSSR count). The van der Waals surface area contributed by atoms with Crippen LogP contribution >= 0.6 is 23.2 Å². The number of piperidine rings is 2. The van der Waals surface area contributed by atoms with Gasteiger partial charge in [0.1, 0.15) is 17.4 Å². The van der Waals surface area contributed by atoms with Crippen molar-refractivity contribution in [1.82, 2.24) is 25.8 Å². The second kappa shape index (κ2) is 21.6. The van der Waals surface area contributed by atoms with Crippen molar-refractivity contribution in [2.75, 3.05) is 32.7 Å². The number of nitrogens with one attached hydrogen (secondary N) is 3. The molecule has 2 aromatic rings. The van der Waals surface area contributed by atoms with Crippen LogP contribution in [-0.2, 0) is 32.0 Å². The fraction of sp³-hybridized carbons (Fsp3) is 0.605. The molecule has 56 heavy (non-hydrogen) atoms. The lowest BCUT2D eigenvalue weighted by Gasteiger charge is -2.43. The molecule has 308 valence electrons. The Hall–Kier alpha value is -3.83. The van der Waals surface area contributed by atoms with Gasteiger partial charge in [-0.3, -0.25) is 14.4 Å². The van der Waals surface area contributed by atoms with E-state index >= 15 is 0 Å². The van der Waals surface area contributed by atoms with Crippen LogP contribution in [0, 0.1) is 5.41 Å². The van der Waals surface area contributed by atoms with E-state index in [1.54, 1.807) is 28.0 Å². The predicted octanol–water partition coefficient (Wildman–Crippen LogP) is 7.89. The van der Waals surface area contributed by atoms with Crippen LogP contribution in [-0.4, -0.2) is 89.9 Å². The normalized spacial score (nSPS) is 18.2. The Labute approximate surface area is 342 Å². The first-order chi connectivity index (χ1) is 26.7. The number of rotatable bonds is 17. The highest BCUT2D eigenvalue weighted by atomic mass is 35.5. The van der Waals surface area contributed by atoms with Crippen molar-refractivity contribution in [2.24, 2.45) is 5.41 Å². The standard InChI is InChI=1S/C43H61Cl2N5O6/c1-5-6-16-37(51)43(29-31-14-9-7-10-15-31)22-13-24-50(30-43)39(53)36(28-32-18-19-34(44)35(45)27-32)48-40(54)49-25-20-33(21-26-49)47-38(52)17-11-8-12-23-46-41(55)56-42(2,3)4/h7,9-10,14-15,18-19,27,33,36H,5-6,8,11-13,16-17,20-26,28-30H2,1-4H3,(H,46,55)(H,47,52)(H,48,54)/t36-,43+/m1/s1. The van der Waals surface area contributed by atoms with E-state index in [4.69, 9.17) is 27.9 Å². The van der Waals surface area contributed by atoms with E-state index in [2.05, 4.69) is 22.9 Å². The first kappa shape index (κ1) is 44.9. The van der Waals surface area contributed by atoms with Crippen LogP contribution in [0.5, 0.6) is 0 Å². The predicted molar refractivity (Wildman–Crippen MR) is 221 cm³/mol. The summed E-state index contributed by atoms with van der Waals surface area (Å²) < 4.78 is 5.24. The maximum Gasteiger partial charge on any atom is 0.407 e. The van der Waals surface area contributed by atoms with Gasteiger partial charge in [0.05, 0.1) is 15.5 Å². The van der Waals surface area contributed by atoms with Crippen LogP contribution in [0.2, 0.25) is 10.0 Å². The highest BCUT2D eigenvalue weighted by molar-refractivity contribution is 6.42. The Balaban J connectivity index is 1.34. The molecular weight excluding hydrogens is 753 g/mol. The zero-order chi connectivity index (χ0) is 40.7. The molecule has 0 bridgehead atoms. The van der Waals surface area contributed by atoms with Crippen LogP contribution in [0.4, 0.5) is 9.59 Å². The molecule has 0 aliphatic carbocycles. The van der Waals surface area contributed by atoms with Gasteiger partial charge in [-0.25, -0.2) is 9.59 Å². The fourth-order valence-corrected chi connectivity index (χ4v) is 7.88. The molecule has 0 unspecified atom stereocenters. The van der Waals surface area contributed by atoms with Gasteiger partial charge in [-0.15, -0.1) is 0 Å². The van der Waals surface area contributed by atoms with Gasteiger partial charge >= 0.3 is 12.1 Å². The van der Waals surface area contributed by atoms with Crippen molar-refractivity contribution < 1.29 is 28.7 Å². The molecule has 0 saturated carbocycles. The van der Waals surface area contributed by atoms with Gasteiger partial charge in [0, 0.05) is 58.0 Å². The van der Waals surface area contributed by atoms with Gasteiger partial charge < -0.3 is 30.5 Å². The molecule has 0 aromatic heterocycles. The quantitative estimate of drug-likeness (QED) is 0.139. The number of alkyl carbamates (subject to hydrolysis) is 1. The Morgan fingerprint density at radius 2 is 1.61 bits per heavy atom. The van der Waals surface area contributed by atoms with Gasteiger partial charge in [0.25, 0.3) is 0 Å². The van der Waals surface area contributed by atoms with E-state index in [9.17, 15) is 24.0 Å². The molecule has 2 saturated heterocycles. The number of urea groups is 1. The molecule has 13 heteroatoms. The first-order valence-electron chi connectivity index (χ1n) is 20.3. The van der Waals surface area contributed by atoms with Crippen molar-refractivity contribution in [1.29, 1.82) is 0 Å². The molecule has 3 N–H and O–H groups in total. The van der Waals surface area contributed by atoms with Crippen molar-refractivity contribution in [2.45, 2.75) is 129 Å². The minimum atomic E-state index is -0.894. The molecule has 2 aliphatic heterocycles. The van der Waals surface area contributed by atoms with E-state index in [1.807, 2.05) is 51.1 Å². The summed E-state index contributed by atoms with van der Waals surface area (Å²) in [6, 6.07) is 13.9. The number of carbonyl (C=O) groups is 5. The average molecular weight is 815 g/mol. The number of nitrogens with zero attached hydrogens (tertiary/aromatic N) is 2. The number of likely N-dealkylation sites (tertiary alicyclic amines) is 2. The molecule has 2 atom stereocenters. The summed E-state index contributed by atoms with van der Waals surface area (Å²) in [5.41, 5.74) is 0.577. The number of ether oxygens (including phenoxy) is 1. The first-order valence-corrected chi connectivity index (χ1v) is 21.0. The van der Waals surface area contributed by atoms with Gasteiger partial charge in [-0.1, -0.05) is 79.4 Å². The highest BCUT2D eigenvalue weighted by Gasteiger charge is 2.44. The van der Waals surface area contributed by atoms with Crippen molar-refractivity contribution in [3.8, 4) is 0 Å². The third-order valence-electron chi connectivity index (χ3n) is 10.5. The van der Waals surface area contributed by atoms with E-state index in [1.165, 1.54) is 0 Å². The summed E-state index contributed by atoms with van der Waals surface area (Å²) in [4.78, 5) is 70.1. The molecule has 2 fully saturated rings. The van der Waals surface area contributed by atoms with Crippen LogP contribution < -0.4 is 16.0 Å². The van der Waals surface area contributed by atoms with Gasteiger partial charge in [0.2, 0.25) is 11.8 Å². The van der Waals surface area contributed by atoms with Crippen molar-refractivity contribution in [3.63, 3.8) is 0 Å². The molecule has 0 radical (unpaired) electrons. The SMILES string of the molecule is CCCCC(=O)[C@]1(Cc2ccccc2)CCCN(C(=O)[C@@H](Cc2ccc(Cl)c(Cl)c2)NC(=O)N2CCC(NC(=O)CCCCCNC(=O)OC(C)(C)C)CC2)C1. The van der Waals surface area contributed by atoms with Gasteiger partial charge in [-0.2, -0.15) is 0 Å². The number of unbranched alkanes of at least 4 members (excludes halogenated alkanes) is 3. The number of amides is 5. The zero-order valence-corrected chi connectivity index (χ0v) is 35.1. The Morgan fingerprint density at radius 3 is 2.29 bits per heavy atom. The van der Waals surface area contributed by atoms with E-state index in [0.717, 1.165) is 36.8 Å². The van der Waals surface area contributed by atoms with Crippen LogP contribution in [0.1, 0.15) is 109 Å². The lowest BCUT2D eigenvalue weighted by atomic mass is 9.70. The highest BCUT2D eigenvalue weighted by Crippen LogP contribution is 2.37. The minimum absolute atomic E-state index is 0.0293. The second-order valence-corrected chi connectivity index (χ2v) is 17.2. The lowest BCUT2D eigenvalue weighted by molar-refractivity contribution is -0.142. The monoisotopic (exact) mass is 813 g/mol. The Bertz CT molecular complexity index is 1630. The number of hydrogen-bond donors (Lipinski definition) is 3. The summed E-state index contributed by atoms with van der Waals surface area (Å²) in [5, 5.41) is 9.64. The fourth-order valence-electron chi connectivity index (χ4n) is 7.56. The van der Waals surface area contributed by atoms with Crippen LogP contribution in [0.25, 0.3) is 0 Å². The van der Waals surface area contributed by atoms with E-state index in [0.29, 0.717) is 94.1 Å². The number of Topliss-reactive ketones (excluding diaryl/α,β-unsaturated/α-hetero) is 1. The maximum atomic E-state index is 14.5. The van der Waals surface area contributed by atoms with Crippen LogP contribution in [0.3, 0.4) is 0 Å². The molecule has 0 spiro atoms. The third kappa shape index (κ3) is 14.3. The number of halogens is 2. The average Bonchev–Trinajstić information content (AvgIpc) is 3.16. The van der Waals surface area contributed by atoms with Crippen molar-refractivity contribution >= 4 is 52.9 Å². The zero-order valence-electron chi connectivity index (χ0n) is 33.6. The topological polar surface area (TPSA) is 137 Å². The molecule has 2 heterocycles. The van der Waals surface area contributed by atoms with Gasteiger partial charge in [-0.05, 0) is 95.4 Å². The van der Waals surface area contributed by atoms with Gasteiger partial charge in [0.15, 0.2) is 0 Å². The summed E-state index contributed by atoms with van der Waals surface area (Å²) in [6.07, 6.45) is 7.73. The second-order valence-electron chi connectivity index (χ2n) is 16.4. The number of hydrogen-bond acceptors (Lipinski definition) is 6. The molecule has 11 nitrogen and oxygen atoms in total. The minimum Gasteiger partial charge on any atom is -0.444 e. The molecular formula is C43H61Cl2N5O6. The summed E-state index contributed by atoms with van der Waals surface area (Å²) in [6.45, 7) is 9.66. The number of ketones is 1. The molecule has 5 amide bonds. The molecule has 2 aliphatic rings. The number of carbonyl (C=O) groups excluding carboxylic acids is 5. The third-order valence-corrected chi connectivity index (χ3v) is 11.3. The smallest absolute Gasteiger partial charge is 0.407 e. The molecule has 2 aromatic carbocycles. The number of benzene rings is 2. The van der Waals surface area contributed by atoms with Crippen molar-refractivity contribution in [3.05, 3.63) is 69.7 Å². The maximum absolute atomic E-state index is 14.5. The van der Waals surface area contributed by atoms with E-state index in [-0.39, 0.29) is 36.1 Å². The van der Waals surface area contributed by atoms with Crippen LogP contribution in [0.15, 0.2) is 48.5 Å². The lowest BCUT2D eigenvalue weighted by Crippen LogP contribution is -2.58. The Kier molecular flexibility index (Phi) is 17.3.